The monoisotopic (exact) mass is 885 g/mol. The van der Waals surface area contributed by atoms with Crippen LogP contribution < -0.4 is 5.32 Å². The van der Waals surface area contributed by atoms with Gasteiger partial charge >= 0.3 is 11.9 Å². The molecule has 0 amide bonds. The fourth-order valence-electron chi connectivity index (χ4n) is 10.3. The van der Waals surface area contributed by atoms with Gasteiger partial charge in [0, 0.05) is 46.4 Å². The Kier molecular flexibility index (Phi) is 16.5. The van der Waals surface area contributed by atoms with E-state index in [0.717, 1.165) is 53.4 Å². The fraction of sp³-hybridized carbons (Fsp3) is 0.545. The van der Waals surface area contributed by atoms with Gasteiger partial charge in [0.25, 0.3) is 0 Å². The zero-order valence-electron chi connectivity index (χ0n) is 40.7. The number of esters is 2. The largest absolute Gasteiger partial charge is 0.468 e. The zero-order chi connectivity index (χ0) is 47.1. The summed E-state index contributed by atoms with van der Waals surface area (Å²) < 4.78 is 11.1. The molecule has 1 N–H and O–H groups in total. The molecule has 0 aromatic heterocycles. The van der Waals surface area contributed by atoms with Crippen LogP contribution in [-0.4, -0.2) is 54.9 Å². The lowest BCUT2D eigenvalue weighted by molar-refractivity contribution is -0.147. The van der Waals surface area contributed by atoms with Crippen molar-refractivity contribution in [1.29, 1.82) is 0 Å². The van der Waals surface area contributed by atoms with Crippen molar-refractivity contribution in [2.24, 2.45) is 56.4 Å². The molecule has 1 saturated heterocycles. The minimum absolute atomic E-state index is 0.140. The van der Waals surface area contributed by atoms with Gasteiger partial charge in [-0.05, 0) is 105 Å². The molecule has 65 heavy (non-hydrogen) atoms. The Morgan fingerprint density at radius 3 is 2.22 bits per heavy atom. The molecule has 6 atom stereocenters. The number of aldehydes is 1. The quantitative estimate of drug-likeness (QED) is 0.0524. The van der Waals surface area contributed by atoms with Crippen molar-refractivity contribution in [3.8, 4) is 0 Å². The molecule has 5 heterocycles. The van der Waals surface area contributed by atoms with Crippen LogP contribution in [0, 0.1) is 41.4 Å². The molecule has 6 rings (SSSR count). The molecule has 348 valence electrons. The Morgan fingerprint density at radius 2 is 1.57 bits per heavy atom. The van der Waals surface area contributed by atoms with Gasteiger partial charge in [-0.25, -0.2) is 9.98 Å². The second-order valence-electron chi connectivity index (χ2n) is 19.6. The van der Waals surface area contributed by atoms with Gasteiger partial charge in [-0.1, -0.05) is 105 Å². The maximum Gasteiger partial charge on any atom is 0.320 e. The normalized spacial score (nSPS) is 23.6. The molecule has 6 unspecified atom stereocenters. The fourth-order valence-corrected chi connectivity index (χ4v) is 10.3. The molecule has 0 radical (unpaired) electrons. The predicted octanol–water partition coefficient (Wildman–Crippen LogP) is 11.5. The lowest BCUT2D eigenvalue weighted by atomic mass is 9.85. The van der Waals surface area contributed by atoms with Gasteiger partial charge in [0.1, 0.15) is 12.5 Å². The molecular weight excluding hydrogens is 813 g/mol. The van der Waals surface area contributed by atoms with Crippen LogP contribution in [0.3, 0.4) is 0 Å². The lowest BCUT2D eigenvalue weighted by Gasteiger charge is -2.19. The van der Waals surface area contributed by atoms with E-state index < -0.39 is 17.8 Å². The highest BCUT2D eigenvalue weighted by molar-refractivity contribution is 6.31. The molecule has 0 spiro atoms. The van der Waals surface area contributed by atoms with E-state index in [2.05, 4.69) is 53.4 Å². The highest BCUT2D eigenvalue weighted by atomic mass is 16.5. The predicted molar refractivity (Wildman–Crippen MR) is 261 cm³/mol. The second-order valence-corrected chi connectivity index (χ2v) is 19.6. The number of hydrogen-bond acceptors (Lipinski definition) is 10. The van der Waals surface area contributed by atoms with Gasteiger partial charge in [0.05, 0.1) is 47.3 Å². The minimum atomic E-state index is -1.20. The third-order valence-electron chi connectivity index (χ3n) is 14.4. The number of allylic oxidation sites excluding steroid dienone is 11. The third-order valence-corrected chi connectivity index (χ3v) is 14.4. The molecule has 5 aliphatic heterocycles. The number of carbonyl (C=O) groups is 4. The van der Waals surface area contributed by atoms with Gasteiger partial charge in [-0.15, -0.1) is 0 Å². The lowest BCUT2D eigenvalue weighted by Crippen LogP contribution is -2.27. The number of ether oxygens (including phenoxy) is 2. The van der Waals surface area contributed by atoms with Crippen molar-refractivity contribution < 1.29 is 28.7 Å². The van der Waals surface area contributed by atoms with Crippen LogP contribution in [0.1, 0.15) is 139 Å². The van der Waals surface area contributed by atoms with Crippen LogP contribution in [0.15, 0.2) is 119 Å². The molecule has 0 aromatic rings. The van der Waals surface area contributed by atoms with Crippen LogP contribution in [0.25, 0.3) is 0 Å². The first-order valence-corrected chi connectivity index (χ1v) is 24.2. The summed E-state index contributed by atoms with van der Waals surface area (Å²) in [6.45, 7) is 23.7. The number of nitrogens with one attached hydrogen (secondary N) is 1. The van der Waals surface area contributed by atoms with Crippen LogP contribution >= 0.6 is 0 Å². The Labute approximate surface area is 387 Å². The standard InChI is InChI=1S/C55H72N4O6/c1-12-38-35(8)42-27-43-36(9)40(23-24-48(61)65-26-25-34(7)22-16-21-33(6)20-15-19-32(5)18-14-17-31(3)4)52(58-43)50-51(55(63)64-11)54(62)49-37(10)44(59-53(49)50)28-46-39(13-2)41(30-60)47(57-46)29-45(38)56-42/h12,25,27-33,36,40,49,51,58H,1,13-24,26H2,2-11H3. The molecule has 1 saturated carbocycles. The molecule has 0 aromatic carbocycles. The number of Topliss-reactive ketones (excluding diaryl/α,β-unsaturated/α-hetero) is 1. The second kappa shape index (κ2) is 21.8. The topological polar surface area (TPSA) is 136 Å². The van der Waals surface area contributed by atoms with Gasteiger partial charge < -0.3 is 14.8 Å². The maximum atomic E-state index is 14.4. The highest BCUT2D eigenvalue weighted by Gasteiger charge is 2.54. The van der Waals surface area contributed by atoms with Gasteiger partial charge in [0.2, 0.25) is 0 Å². The average Bonchev–Trinajstić information content (AvgIpc) is 4.02. The number of aliphatic imine (C=N–C) groups is 3. The van der Waals surface area contributed by atoms with E-state index in [1.54, 1.807) is 6.08 Å². The van der Waals surface area contributed by atoms with E-state index in [1.165, 1.54) is 57.6 Å². The van der Waals surface area contributed by atoms with E-state index in [1.807, 2.05) is 45.1 Å². The van der Waals surface area contributed by atoms with E-state index >= 15 is 0 Å². The Morgan fingerprint density at radius 1 is 0.892 bits per heavy atom. The first kappa shape index (κ1) is 49.2. The first-order valence-electron chi connectivity index (χ1n) is 24.2. The number of methoxy groups -OCH3 is 1. The van der Waals surface area contributed by atoms with Crippen molar-refractivity contribution in [2.75, 3.05) is 13.7 Å². The van der Waals surface area contributed by atoms with Crippen molar-refractivity contribution >= 4 is 41.1 Å². The smallest absolute Gasteiger partial charge is 0.320 e. The number of nitrogens with zero attached hydrogens (tertiary/aromatic N) is 3. The van der Waals surface area contributed by atoms with Crippen molar-refractivity contribution in [2.45, 2.75) is 139 Å². The highest BCUT2D eigenvalue weighted by Crippen LogP contribution is 2.48. The molecule has 1 aliphatic carbocycles. The summed E-state index contributed by atoms with van der Waals surface area (Å²) >= 11 is 0. The first-order chi connectivity index (χ1) is 31.1. The van der Waals surface area contributed by atoms with Crippen molar-refractivity contribution in [3.05, 3.63) is 104 Å². The Hall–Kier alpha value is -5.25. The molecule has 2 fully saturated rings. The Bertz CT molecular complexity index is 2320. The van der Waals surface area contributed by atoms with Crippen LogP contribution in [0.2, 0.25) is 0 Å². The van der Waals surface area contributed by atoms with Gasteiger partial charge in [-0.2, -0.15) is 0 Å². The summed E-state index contributed by atoms with van der Waals surface area (Å²) in [5.74, 6) is -1.37. The van der Waals surface area contributed by atoms with Crippen LogP contribution in [-0.2, 0) is 28.7 Å². The summed E-state index contributed by atoms with van der Waals surface area (Å²) in [6, 6.07) is 0. The average molecular weight is 885 g/mol. The van der Waals surface area contributed by atoms with Crippen LogP contribution in [0.5, 0.6) is 0 Å². The summed E-state index contributed by atoms with van der Waals surface area (Å²) in [5, 5.41) is 3.64. The van der Waals surface area contributed by atoms with Gasteiger partial charge in [-0.3, -0.25) is 24.2 Å². The number of hydrogen-bond donors (Lipinski definition) is 1. The van der Waals surface area contributed by atoms with E-state index in [0.29, 0.717) is 75.4 Å². The summed E-state index contributed by atoms with van der Waals surface area (Å²) in [6.07, 6.45) is 22.6. The maximum absolute atomic E-state index is 14.4. The number of rotatable bonds is 21. The zero-order valence-corrected chi connectivity index (χ0v) is 40.7. The van der Waals surface area contributed by atoms with E-state index in [9.17, 15) is 19.2 Å². The van der Waals surface area contributed by atoms with Crippen molar-refractivity contribution in [1.82, 2.24) is 5.32 Å². The summed E-state index contributed by atoms with van der Waals surface area (Å²) in [7, 11) is 1.29. The van der Waals surface area contributed by atoms with Crippen LogP contribution in [0.4, 0.5) is 0 Å². The molecular formula is C55H72N4O6. The SMILES string of the molecule is C=CC1=C(C)C2=NC1=CC1=NC(=CC3=C(C)C4C(=O)C(C(=O)OC)C(=C5NC(=C2)C(C)C5CCC(=O)OCC=C(C)CCCC(C)CCCC(C)CCCC(C)C)C4=N3)C(CC)=C1C=O. The number of ketones is 1. The van der Waals surface area contributed by atoms with E-state index in [4.69, 9.17) is 24.5 Å². The molecule has 10 nitrogen and oxygen atoms in total. The van der Waals surface area contributed by atoms with Crippen molar-refractivity contribution in [3.63, 3.8) is 0 Å². The van der Waals surface area contributed by atoms with Gasteiger partial charge in [0.15, 0.2) is 12.1 Å². The minimum Gasteiger partial charge on any atom is -0.468 e. The Balaban J connectivity index is 1.21. The molecule has 6 aliphatic rings. The molecule has 10 heteroatoms. The molecule has 8 bridgehead atoms. The van der Waals surface area contributed by atoms with E-state index in [-0.39, 0.29) is 36.6 Å². The summed E-state index contributed by atoms with van der Waals surface area (Å²) in [4.78, 5) is 69.1. The summed E-state index contributed by atoms with van der Waals surface area (Å²) in [5.41, 5.74) is 10.4. The number of carbonyl (C=O) groups excluding carboxylic acids is 4. The third kappa shape index (κ3) is 10.9. The number of fused-ring (bicyclic) bond motifs is 5.